The fourth-order valence-corrected chi connectivity index (χ4v) is 8.08. The Balaban J connectivity index is 1.28. The number of rotatable bonds is 7. The van der Waals surface area contributed by atoms with Crippen molar-refractivity contribution in [2.75, 3.05) is 26.4 Å². The molecule has 1 N–H and O–H groups in total. The Hall–Kier alpha value is -4.64. The van der Waals surface area contributed by atoms with E-state index in [-0.39, 0.29) is 5.75 Å². The first-order valence-electron chi connectivity index (χ1n) is 18.1. The zero-order valence-electron chi connectivity index (χ0n) is 30.7. The van der Waals surface area contributed by atoms with Crippen LogP contribution >= 0.6 is 0 Å². The van der Waals surface area contributed by atoms with Crippen LogP contribution in [-0.2, 0) is 40.7 Å². The topological polar surface area (TPSA) is 98.9 Å². The molecule has 3 aliphatic heterocycles. The molecule has 0 bridgehead atoms. The number of pyridine rings is 2. The normalized spacial score (nSPS) is 17.0. The highest BCUT2D eigenvalue weighted by Gasteiger charge is 2.35. The predicted octanol–water partition coefficient (Wildman–Crippen LogP) is 7.75. The summed E-state index contributed by atoms with van der Waals surface area (Å²) in [4.78, 5) is 25.3. The first-order chi connectivity index (χ1) is 24.9. The van der Waals surface area contributed by atoms with Gasteiger partial charge in [-0.05, 0) is 106 Å². The third-order valence-corrected chi connectivity index (χ3v) is 10.8. The van der Waals surface area contributed by atoms with E-state index in [0.29, 0.717) is 47.1 Å². The van der Waals surface area contributed by atoms with Crippen molar-refractivity contribution in [3.8, 4) is 39.4 Å². The molecule has 0 radical (unpaired) electrons. The van der Waals surface area contributed by atoms with Gasteiger partial charge < -0.3 is 23.9 Å². The van der Waals surface area contributed by atoms with Crippen LogP contribution in [0.1, 0.15) is 66.8 Å². The minimum Gasteiger partial charge on any atom is -0.490 e. The second-order valence-corrected chi connectivity index (χ2v) is 15.4. The number of aryl methyl sites for hydroxylation is 2. The minimum atomic E-state index is -1.34. The summed E-state index contributed by atoms with van der Waals surface area (Å²) in [7, 11) is 1.96. The summed E-state index contributed by atoms with van der Waals surface area (Å²) in [5.74, 6) is -1.32. The minimum absolute atomic E-state index is 0.280. The number of hydrogen-bond donors (Lipinski definition) is 1. The Labute approximate surface area is 303 Å². The van der Waals surface area contributed by atoms with Crippen LogP contribution in [0, 0.1) is 19.7 Å². The molecule has 10 heteroatoms. The van der Waals surface area contributed by atoms with Crippen molar-refractivity contribution in [2.24, 2.45) is 7.05 Å². The summed E-state index contributed by atoms with van der Waals surface area (Å²) in [6.45, 7) is 13.3. The molecule has 3 aromatic heterocycles. The Morgan fingerprint density at radius 3 is 2.60 bits per heavy atom. The van der Waals surface area contributed by atoms with Gasteiger partial charge in [0.25, 0.3) is 0 Å². The predicted molar refractivity (Wildman–Crippen MR) is 198 cm³/mol. The van der Waals surface area contributed by atoms with Gasteiger partial charge in [-0.2, -0.15) is 0 Å². The van der Waals surface area contributed by atoms with Gasteiger partial charge in [-0.25, -0.2) is 14.2 Å². The molecule has 0 amide bonds. The maximum Gasteiger partial charge on any atom is 0.337 e. The molecule has 0 spiro atoms. The zero-order chi connectivity index (χ0) is 36.5. The maximum atomic E-state index is 15.9. The molecule has 0 saturated carbocycles. The van der Waals surface area contributed by atoms with Gasteiger partial charge in [0.15, 0.2) is 17.7 Å². The number of carboxylic acid groups (broad SMARTS) is 1. The standard InChI is InChI=1S/C42H45FN4O5/c1-23-30-8-7-15-51-38(30)33(43)18-31(23)37-32-19-35(46(6)40(32)45-24(2)36(37)39(41(48)49)52-42(3,4)5)27-11-13-44-34(17-27)26-9-10-28-20-47(29-21-50-22-29)14-12-25(28)16-26/h9-11,13,16-19,29,39H,7-8,12,14-15,20-22H2,1-6H3,(H,48,49)/t39-/m0/s1. The smallest absolute Gasteiger partial charge is 0.337 e. The monoisotopic (exact) mass is 704 g/mol. The molecule has 8 rings (SSSR count). The van der Waals surface area contributed by atoms with Crippen LogP contribution in [0.3, 0.4) is 0 Å². The van der Waals surface area contributed by atoms with Crippen LogP contribution in [0.15, 0.2) is 48.7 Å². The molecule has 3 aliphatic rings. The lowest BCUT2D eigenvalue weighted by Gasteiger charge is -2.40. The first kappa shape index (κ1) is 34.4. The molecular formula is C42H45FN4O5. The van der Waals surface area contributed by atoms with Crippen molar-refractivity contribution >= 4 is 17.0 Å². The van der Waals surface area contributed by atoms with Gasteiger partial charge in [-0.3, -0.25) is 9.88 Å². The van der Waals surface area contributed by atoms with E-state index < -0.39 is 23.5 Å². The third-order valence-electron chi connectivity index (χ3n) is 10.8. The Kier molecular flexibility index (Phi) is 8.67. The number of carbonyl (C=O) groups is 1. The van der Waals surface area contributed by atoms with E-state index in [1.54, 1.807) is 6.92 Å². The van der Waals surface area contributed by atoms with Crippen LogP contribution in [0.4, 0.5) is 4.39 Å². The summed E-state index contributed by atoms with van der Waals surface area (Å²) < 4.78 is 35.3. The lowest BCUT2D eigenvalue weighted by atomic mass is 9.86. The quantitative estimate of drug-likeness (QED) is 0.184. The molecule has 5 aromatic rings. The van der Waals surface area contributed by atoms with Crippen LogP contribution in [0.5, 0.6) is 5.75 Å². The summed E-state index contributed by atoms with van der Waals surface area (Å²) in [5.41, 5.74) is 10.1. The largest absolute Gasteiger partial charge is 0.490 e. The molecule has 2 aromatic carbocycles. The number of ether oxygens (including phenoxy) is 3. The van der Waals surface area contributed by atoms with Gasteiger partial charge in [-0.15, -0.1) is 0 Å². The molecule has 0 aliphatic carbocycles. The molecule has 9 nitrogen and oxygen atoms in total. The van der Waals surface area contributed by atoms with E-state index in [0.717, 1.165) is 78.2 Å². The van der Waals surface area contributed by atoms with Crippen LogP contribution < -0.4 is 4.74 Å². The summed E-state index contributed by atoms with van der Waals surface area (Å²) in [6.07, 6.45) is 2.93. The molecule has 52 heavy (non-hydrogen) atoms. The van der Waals surface area contributed by atoms with Crippen molar-refractivity contribution in [2.45, 2.75) is 78.2 Å². The van der Waals surface area contributed by atoms with Gasteiger partial charge >= 0.3 is 5.97 Å². The van der Waals surface area contributed by atoms with Crippen molar-refractivity contribution < 1.29 is 28.5 Å². The maximum absolute atomic E-state index is 15.9. The molecule has 1 fully saturated rings. The van der Waals surface area contributed by atoms with Gasteiger partial charge in [0.05, 0.1) is 42.9 Å². The molecule has 0 unspecified atom stereocenters. The lowest BCUT2D eigenvalue weighted by Crippen LogP contribution is -2.50. The first-order valence-corrected chi connectivity index (χ1v) is 18.1. The highest BCUT2D eigenvalue weighted by atomic mass is 19.1. The van der Waals surface area contributed by atoms with Crippen molar-refractivity contribution in [1.29, 1.82) is 0 Å². The van der Waals surface area contributed by atoms with E-state index in [1.807, 2.05) is 57.6 Å². The van der Waals surface area contributed by atoms with E-state index in [9.17, 15) is 9.90 Å². The fraction of sp³-hybridized carbons (Fsp3) is 0.405. The van der Waals surface area contributed by atoms with E-state index in [2.05, 4.69) is 29.2 Å². The van der Waals surface area contributed by atoms with Crippen LogP contribution in [-0.4, -0.2) is 68.5 Å². The van der Waals surface area contributed by atoms with E-state index >= 15 is 4.39 Å². The number of fused-ring (bicyclic) bond motifs is 3. The van der Waals surface area contributed by atoms with Gasteiger partial charge in [-0.1, -0.05) is 12.1 Å². The van der Waals surface area contributed by atoms with E-state index in [1.165, 1.54) is 17.2 Å². The van der Waals surface area contributed by atoms with Crippen LogP contribution in [0.25, 0.3) is 44.7 Å². The Morgan fingerprint density at radius 1 is 1.06 bits per heavy atom. The van der Waals surface area contributed by atoms with Crippen LogP contribution in [0.2, 0.25) is 0 Å². The second kappa shape index (κ2) is 13.1. The van der Waals surface area contributed by atoms with Crippen molar-refractivity contribution in [3.63, 3.8) is 0 Å². The number of benzene rings is 2. The van der Waals surface area contributed by atoms with Gasteiger partial charge in [0.1, 0.15) is 5.65 Å². The summed E-state index contributed by atoms with van der Waals surface area (Å²) in [5, 5.41) is 11.3. The average Bonchev–Trinajstić information content (AvgIpc) is 3.42. The van der Waals surface area contributed by atoms with Gasteiger partial charge in [0.2, 0.25) is 0 Å². The number of aromatic nitrogens is 3. The number of halogens is 1. The number of carboxylic acids is 1. The lowest BCUT2D eigenvalue weighted by molar-refractivity contribution is -0.160. The SMILES string of the molecule is Cc1nc2c(cc(-c3ccnc(-c4ccc5c(c4)CCN(C4COC4)C5)c3)n2C)c(-c2cc(F)c3c(c2C)CCCO3)c1[C@H](OC(C)(C)C)C(=O)O. The van der Waals surface area contributed by atoms with Crippen molar-refractivity contribution in [1.82, 2.24) is 19.4 Å². The van der Waals surface area contributed by atoms with Crippen molar-refractivity contribution in [3.05, 3.63) is 88.0 Å². The number of hydrogen-bond acceptors (Lipinski definition) is 7. The molecule has 1 saturated heterocycles. The molecule has 270 valence electrons. The fourth-order valence-electron chi connectivity index (χ4n) is 8.08. The number of aliphatic carboxylic acids is 1. The Morgan fingerprint density at radius 2 is 1.87 bits per heavy atom. The molecular weight excluding hydrogens is 659 g/mol. The molecule has 6 heterocycles. The Bertz CT molecular complexity index is 2230. The van der Waals surface area contributed by atoms with E-state index in [4.69, 9.17) is 24.2 Å². The average molecular weight is 705 g/mol. The summed E-state index contributed by atoms with van der Waals surface area (Å²) in [6, 6.07) is 14.8. The number of nitrogens with zero attached hydrogens (tertiary/aromatic N) is 4. The highest BCUT2D eigenvalue weighted by Crippen LogP contribution is 2.46. The molecule has 1 atom stereocenters. The third kappa shape index (κ3) is 6.06. The second-order valence-electron chi connectivity index (χ2n) is 15.4. The zero-order valence-corrected chi connectivity index (χ0v) is 30.7. The summed E-state index contributed by atoms with van der Waals surface area (Å²) >= 11 is 0. The van der Waals surface area contributed by atoms with Gasteiger partial charge in [0, 0.05) is 65.2 Å². The highest BCUT2D eigenvalue weighted by molar-refractivity contribution is 6.01.